The summed E-state index contributed by atoms with van der Waals surface area (Å²) in [6.07, 6.45) is 2.20. The Bertz CT molecular complexity index is 1600. The number of hydrogen-bond acceptors (Lipinski definition) is 2. The van der Waals surface area contributed by atoms with Crippen molar-refractivity contribution in [3.05, 3.63) is 96.0 Å². The van der Waals surface area contributed by atoms with E-state index in [0.29, 0.717) is 0 Å². The quantitative estimate of drug-likeness (QED) is 0.217. The van der Waals surface area contributed by atoms with Crippen LogP contribution in [-0.4, -0.2) is 4.98 Å². The standard InChI is InChI=1S/C28H21N2S/c1-18-22-10-5-6-11-23(22)25(27-12-7-13-31-27)16-24(18)28-29-26-15-20-9-4-3-8-19(20)14-21(26)17-30(28)2/h3-17H,1-2H3/q+1. The summed E-state index contributed by atoms with van der Waals surface area (Å²) in [6.45, 7) is 2.21. The monoisotopic (exact) mass is 417 g/mol. The predicted molar refractivity (Wildman–Crippen MR) is 131 cm³/mol. The Morgan fingerprint density at radius 3 is 2.26 bits per heavy atom. The van der Waals surface area contributed by atoms with Crippen molar-refractivity contribution in [2.24, 2.45) is 7.05 Å². The average molecular weight is 418 g/mol. The van der Waals surface area contributed by atoms with Gasteiger partial charge >= 0.3 is 5.82 Å². The molecule has 0 amide bonds. The van der Waals surface area contributed by atoms with Gasteiger partial charge in [0.1, 0.15) is 6.20 Å². The average Bonchev–Trinajstić information content (AvgIpc) is 3.33. The van der Waals surface area contributed by atoms with Crippen molar-refractivity contribution in [2.45, 2.75) is 6.92 Å². The fourth-order valence-electron chi connectivity index (χ4n) is 4.55. The van der Waals surface area contributed by atoms with Crippen LogP contribution in [0.2, 0.25) is 0 Å². The predicted octanol–water partition coefficient (Wildman–Crippen LogP) is 7.07. The number of aryl methyl sites for hydroxylation is 2. The van der Waals surface area contributed by atoms with Gasteiger partial charge in [0.05, 0.1) is 18.0 Å². The molecule has 31 heavy (non-hydrogen) atoms. The largest absolute Gasteiger partial charge is 0.331 e. The summed E-state index contributed by atoms with van der Waals surface area (Å²) in [7, 11) is 2.09. The first kappa shape index (κ1) is 18.2. The zero-order chi connectivity index (χ0) is 20.9. The molecule has 0 fully saturated rings. The Balaban J connectivity index is 1.67. The van der Waals surface area contributed by atoms with Crippen molar-refractivity contribution in [1.29, 1.82) is 0 Å². The molecule has 148 valence electrons. The van der Waals surface area contributed by atoms with Crippen LogP contribution in [0.25, 0.3) is 54.3 Å². The molecule has 0 atom stereocenters. The minimum Gasteiger partial charge on any atom is -0.232 e. The van der Waals surface area contributed by atoms with Gasteiger partial charge in [0.2, 0.25) is 0 Å². The zero-order valence-corrected chi connectivity index (χ0v) is 18.3. The lowest BCUT2D eigenvalue weighted by molar-refractivity contribution is -0.661. The molecule has 0 spiro atoms. The third-order valence-corrected chi connectivity index (χ3v) is 7.03. The normalized spacial score (nSPS) is 11.5. The van der Waals surface area contributed by atoms with Crippen molar-refractivity contribution in [1.82, 2.24) is 4.98 Å². The van der Waals surface area contributed by atoms with E-state index in [1.165, 1.54) is 43.1 Å². The number of nitrogens with zero attached hydrogens (tertiary/aromatic N) is 2. The highest BCUT2D eigenvalue weighted by molar-refractivity contribution is 7.13. The van der Waals surface area contributed by atoms with E-state index in [2.05, 4.69) is 109 Å². The molecule has 2 nitrogen and oxygen atoms in total. The maximum Gasteiger partial charge on any atom is 0.331 e. The Kier molecular flexibility index (Phi) is 4.12. The molecule has 3 heteroatoms. The first-order valence-corrected chi connectivity index (χ1v) is 11.3. The van der Waals surface area contributed by atoms with E-state index in [-0.39, 0.29) is 0 Å². The van der Waals surface area contributed by atoms with Gasteiger partial charge in [-0.3, -0.25) is 0 Å². The van der Waals surface area contributed by atoms with Crippen LogP contribution in [0.15, 0.2) is 90.4 Å². The highest BCUT2D eigenvalue weighted by Crippen LogP contribution is 2.38. The zero-order valence-electron chi connectivity index (χ0n) is 17.5. The summed E-state index contributed by atoms with van der Waals surface area (Å²) in [5.74, 6) is 0.990. The lowest BCUT2D eigenvalue weighted by Crippen LogP contribution is -2.32. The summed E-state index contributed by atoms with van der Waals surface area (Å²) in [5.41, 5.74) is 4.74. The number of fused-ring (bicyclic) bond motifs is 3. The van der Waals surface area contributed by atoms with Crippen LogP contribution in [0.5, 0.6) is 0 Å². The highest BCUT2D eigenvalue weighted by Gasteiger charge is 2.21. The molecule has 0 saturated carbocycles. The summed E-state index contributed by atoms with van der Waals surface area (Å²) in [5, 5.41) is 8.33. The van der Waals surface area contributed by atoms with Crippen molar-refractivity contribution in [3.8, 4) is 21.8 Å². The summed E-state index contributed by atoms with van der Waals surface area (Å²) < 4.78 is 2.16. The van der Waals surface area contributed by atoms with Gasteiger partial charge in [-0.25, -0.2) is 4.57 Å². The second kappa shape index (κ2) is 7.00. The topological polar surface area (TPSA) is 16.8 Å². The van der Waals surface area contributed by atoms with E-state index < -0.39 is 0 Å². The smallest absolute Gasteiger partial charge is 0.232 e. The minimum absolute atomic E-state index is 0.990. The van der Waals surface area contributed by atoms with Crippen molar-refractivity contribution in [3.63, 3.8) is 0 Å². The number of aromatic nitrogens is 2. The van der Waals surface area contributed by atoms with Crippen LogP contribution in [0.1, 0.15) is 5.56 Å². The van der Waals surface area contributed by atoms with Crippen LogP contribution < -0.4 is 4.57 Å². The first-order valence-electron chi connectivity index (χ1n) is 10.4. The third-order valence-electron chi connectivity index (χ3n) is 6.13. The molecule has 2 heterocycles. The molecular weight excluding hydrogens is 396 g/mol. The van der Waals surface area contributed by atoms with Crippen LogP contribution in [0.4, 0.5) is 0 Å². The second-order valence-electron chi connectivity index (χ2n) is 8.05. The highest BCUT2D eigenvalue weighted by atomic mass is 32.1. The number of rotatable bonds is 2. The van der Waals surface area contributed by atoms with Gasteiger partial charge in [-0.05, 0) is 68.7 Å². The van der Waals surface area contributed by atoms with E-state index in [1.807, 2.05) is 0 Å². The lowest BCUT2D eigenvalue weighted by atomic mass is 9.94. The fraction of sp³-hybridized carbons (Fsp3) is 0.0714. The molecule has 0 bridgehead atoms. The fourth-order valence-corrected chi connectivity index (χ4v) is 5.30. The third kappa shape index (κ3) is 2.93. The minimum atomic E-state index is 0.990. The van der Waals surface area contributed by atoms with Gasteiger partial charge in [-0.15, -0.1) is 11.3 Å². The molecular formula is C28H21N2S+. The Morgan fingerprint density at radius 2 is 1.48 bits per heavy atom. The van der Waals surface area contributed by atoms with E-state index >= 15 is 0 Å². The van der Waals surface area contributed by atoms with Crippen molar-refractivity contribution < 1.29 is 4.57 Å². The Morgan fingerprint density at radius 1 is 0.742 bits per heavy atom. The van der Waals surface area contributed by atoms with Crippen molar-refractivity contribution in [2.75, 3.05) is 0 Å². The molecule has 0 aliphatic heterocycles. The Labute approximate surface area is 185 Å². The maximum absolute atomic E-state index is 5.15. The Hall–Kier alpha value is -3.56. The van der Waals surface area contributed by atoms with Gasteiger partial charge in [-0.1, -0.05) is 54.6 Å². The van der Waals surface area contributed by atoms with Crippen molar-refractivity contribution >= 4 is 43.8 Å². The van der Waals surface area contributed by atoms with Gasteiger partial charge in [0, 0.05) is 10.4 Å². The summed E-state index contributed by atoms with van der Waals surface area (Å²) in [4.78, 5) is 6.44. The summed E-state index contributed by atoms with van der Waals surface area (Å²) >= 11 is 1.78. The number of hydrogen-bond donors (Lipinski definition) is 0. The van der Waals surface area contributed by atoms with E-state index in [1.54, 1.807) is 11.3 Å². The molecule has 0 N–H and O–H groups in total. The molecule has 0 aliphatic rings. The van der Waals surface area contributed by atoms with Gasteiger partial charge in [0.15, 0.2) is 5.52 Å². The number of benzene rings is 4. The first-order chi connectivity index (χ1) is 15.2. The van der Waals surface area contributed by atoms with Crippen LogP contribution in [0, 0.1) is 6.92 Å². The van der Waals surface area contributed by atoms with Crippen LogP contribution >= 0.6 is 11.3 Å². The maximum atomic E-state index is 5.15. The van der Waals surface area contributed by atoms with Gasteiger partial charge in [0.25, 0.3) is 0 Å². The molecule has 4 aromatic carbocycles. The second-order valence-corrected chi connectivity index (χ2v) is 9.00. The SMILES string of the molecule is Cc1c(-c2nc3cc4ccccc4cc3c[n+]2C)cc(-c2cccs2)c2ccccc12. The van der Waals surface area contributed by atoms with Crippen LogP contribution in [-0.2, 0) is 7.05 Å². The van der Waals surface area contributed by atoms with E-state index in [0.717, 1.165) is 16.7 Å². The van der Waals surface area contributed by atoms with E-state index in [9.17, 15) is 0 Å². The molecule has 0 aliphatic carbocycles. The van der Waals surface area contributed by atoms with Crippen LogP contribution in [0.3, 0.4) is 0 Å². The summed E-state index contributed by atoms with van der Waals surface area (Å²) in [6, 6.07) is 28.2. The van der Waals surface area contributed by atoms with Gasteiger partial charge < -0.3 is 0 Å². The molecule has 0 saturated heterocycles. The molecule has 2 aromatic heterocycles. The molecule has 6 aromatic rings. The van der Waals surface area contributed by atoms with E-state index in [4.69, 9.17) is 4.98 Å². The molecule has 0 unspecified atom stereocenters. The van der Waals surface area contributed by atoms with Gasteiger partial charge in [-0.2, -0.15) is 0 Å². The molecule has 0 radical (unpaired) electrons. The molecule has 6 rings (SSSR count). The lowest BCUT2D eigenvalue weighted by Gasteiger charge is -2.12. The number of thiophene rings is 1.